The number of benzene rings is 3. The Balaban J connectivity index is 1.40. The van der Waals surface area contributed by atoms with Crippen LogP contribution in [0.2, 0.25) is 0 Å². The van der Waals surface area contributed by atoms with Gasteiger partial charge >= 0.3 is 5.97 Å². The van der Waals surface area contributed by atoms with Crippen molar-refractivity contribution < 1.29 is 19.4 Å². The Hall–Kier alpha value is -4.52. The second-order valence-electron chi connectivity index (χ2n) is 10.3. The van der Waals surface area contributed by atoms with Crippen molar-refractivity contribution in [2.24, 2.45) is 0 Å². The molecule has 0 radical (unpaired) electrons. The number of ether oxygens (including phenoxy) is 1. The third-order valence-electron chi connectivity index (χ3n) is 6.42. The lowest BCUT2D eigenvalue weighted by molar-refractivity contribution is -0.139. The maximum atomic E-state index is 12.6. The van der Waals surface area contributed by atoms with Crippen LogP contribution in [0.15, 0.2) is 85.2 Å². The monoisotopic (exact) mass is 523 g/mol. The number of aromatic nitrogens is 2. The number of carboxylic acids is 1. The fourth-order valence-electron chi connectivity index (χ4n) is 4.13. The smallest absolute Gasteiger partial charge is 0.326 e. The minimum Gasteiger partial charge on any atom is -0.494 e. The lowest BCUT2D eigenvalue weighted by atomic mass is 9.86. The zero-order valence-electron chi connectivity index (χ0n) is 22.6. The van der Waals surface area contributed by atoms with Gasteiger partial charge in [-0.3, -0.25) is 4.79 Å². The summed E-state index contributed by atoms with van der Waals surface area (Å²) < 4.78 is 5.39. The van der Waals surface area contributed by atoms with E-state index >= 15 is 0 Å². The maximum absolute atomic E-state index is 12.6. The average Bonchev–Trinajstić information content (AvgIpc) is 2.93. The van der Waals surface area contributed by atoms with Crippen LogP contribution in [-0.4, -0.2) is 39.6 Å². The van der Waals surface area contributed by atoms with E-state index in [1.165, 1.54) is 5.56 Å². The summed E-state index contributed by atoms with van der Waals surface area (Å²) in [6.07, 6.45) is 3.75. The molecule has 0 aliphatic rings. The number of rotatable bonds is 9. The van der Waals surface area contributed by atoms with Gasteiger partial charge in [0.2, 0.25) is 0 Å². The van der Waals surface area contributed by atoms with Crippen LogP contribution in [0.4, 0.5) is 0 Å². The van der Waals surface area contributed by atoms with E-state index in [0.29, 0.717) is 23.7 Å². The number of carboxylic acid groups (broad SMARTS) is 1. The summed E-state index contributed by atoms with van der Waals surface area (Å²) in [5.41, 5.74) is 5.31. The number of amides is 1. The zero-order chi connectivity index (χ0) is 28.0. The van der Waals surface area contributed by atoms with Crippen molar-refractivity contribution in [3.05, 3.63) is 102 Å². The van der Waals surface area contributed by atoms with Gasteiger partial charge in [-0.1, -0.05) is 69.3 Å². The summed E-state index contributed by atoms with van der Waals surface area (Å²) in [5, 5.41) is 12.3. The summed E-state index contributed by atoms with van der Waals surface area (Å²) in [7, 11) is 0. The number of hydrogen-bond acceptors (Lipinski definition) is 5. The van der Waals surface area contributed by atoms with Gasteiger partial charge in [0.1, 0.15) is 11.8 Å². The quantitative estimate of drug-likeness (QED) is 0.282. The van der Waals surface area contributed by atoms with Gasteiger partial charge in [-0.25, -0.2) is 14.8 Å². The lowest BCUT2D eigenvalue weighted by Gasteiger charge is -2.19. The zero-order valence-corrected chi connectivity index (χ0v) is 22.6. The van der Waals surface area contributed by atoms with Crippen LogP contribution in [0, 0.1) is 0 Å². The lowest BCUT2D eigenvalue weighted by Crippen LogP contribution is -2.42. The molecule has 0 bridgehead atoms. The Bertz CT molecular complexity index is 1410. The summed E-state index contributed by atoms with van der Waals surface area (Å²) in [6, 6.07) is 21.3. The number of carbonyl (C=O) groups excluding carboxylic acids is 1. The number of nitrogens with one attached hydrogen (secondary N) is 1. The van der Waals surface area contributed by atoms with E-state index in [4.69, 9.17) is 4.74 Å². The molecule has 7 nitrogen and oxygen atoms in total. The summed E-state index contributed by atoms with van der Waals surface area (Å²) in [6.45, 7) is 8.96. The second kappa shape index (κ2) is 11.9. The van der Waals surface area contributed by atoms with E-state index in [-0.39, 0.29) is 11.8 Å². The van der Waals surface area contributed by atoms with Gasteiger partial charge in [0.15, 0.2) is 5.82 Å². The highest BCUT2D eigenvalue weighted by Gasteiger charge is 2.21. The van der Waals surface area contributed by atoms with E-state index in [1.54, 1.807) is 36.7 Å². The topological polar surface area (TPSA) is 101 Å². The Morgan fingerprint density at radius 2 is 1.44 bits per heavy atom. The van der Waals surface area contributed by atoms with Gasteiger partial charge in [-0.15, -0.1) is 0 Å². The van der Waals surface area contributed by atoms with Crippen LogP contribution in [0.3, 0.4) is 0 Å². The van der Waals surface area contributed by atoms with E-state index in [1.807, 2.05) is 31.2 Å². The van der Waals surface area contributed by atoms with Crippen molar-refractivity contribution in [3.8, 4) is 28.3 Å². The Morgan fingerprint density at radius 1 is 0.846 bits per heavy atom. The largest absolute Gasteiger partial charge is 0.494 e. The summed E-state index contributed by atoms with van der Waals surface area (Å²) >= 11 is 0. The van der Waals surface area contributed by atoms with Gasteiger partial charge in [-0.2, -0.15) is 0 Å². The minimum absolute atomic E-state index is 0.0946. The number of carbonyl (C=O) groups is 2. The molecular weight excluding hydrogens is 490 g/mol. The van der Waals surface area contributed by atoms with E-state index in [0.717, 1.165) is 22.3 Å². The predicted molar refractivity (Wildman–Crippen MR) is 152 cm³/mol. The second-order valence-corrected chi connectivity index (χ2v) is 10.3. The highest BCUT2D eigenvalue weighted by atomic mass is 16.5. The van der Waals surface area contributed by atoms with Crippen molar-refractivity contribution in [1.29, 1.82) is 0 Å². The molecule has 1 aromatic heterocycles. The van der Waals surface area contributed by atoms with Gasteiger partial charge in [0, 0.05) is 35.5 Å². The third kappa shape index (κ3) is 7.08. The number of nitrogens with zero attached hydrogens (tertiary/aromatic N) is 2. The maximum Gasteiger partial charge on any atom is 0.326 e. The van der Waals surface area contributed by atoms with Crippen molar-refractivity contribution in [2.75, 3.05) is 6.61 Å². The molecule has 0 unspecified atom stereocenters. The number of hydrogen-bond donors (Lipinski definition) is 2. The first-order valence-corrected chi connectivity index (χ1v) is 12.9. The van der Waals surface area contributed by atoms with Crippen LogP contribution in [0.25, 0.3) is 22.5 Å². The average molecular weight is 524 g/mol. The SMILES string of the molecule is CCOc1ccc(C(=O)N[C@@H](Cc2ccc(-c3ncc(-c4ccc(C(C)(C)C)cc4)cn3)cc2)C(=O)O)cc1. The molecule has 39 heavy (non-hydrogen) atoms. The molecule has 0 aliphatic heterocycles. The molecule has 4 rings (SSSR count). The molecule has 0 spiro atoms. The molecule has 4 aromatic rings. The molecule has 1 amide bonds. The van der Waals surface area contributed by atoms with Crippen molar-refractivity contribution in [2.45, 2.75) is 45.6 Å². The van der Waals surface area contributed by atoms with Crippen LogP contribution < -0.4 is 10.1 Å². The van der Waals surface area contributed by atoms with Crippen LogP contribution in [0.1, 0.15) is 49.2 Å². The molecule has 1 heterocycles. The molecule has 0 saturated carbocycles. The first kappa shape index (κ1) is 27.5. The van der Waals surface area contributed by atoms with E-state index < -0.39 is 17.9 Å². The van der Waals surface area contributed by atoms with Crippen LogP contribution in [0.5, 0.6) is 5.75 Å². The molecule has 0 aliphatic carbocycles. The van der Waals surface area contributed by atoms with Crippen molar-refractivity contribution >= 4 is 11.9 Å². The molecule has 2 N–H and O–H groups in total. The highest BCUT2D eigenvalue weighted by Crippen LogP contribution is 2.26. The van der Waals surface area contributed by atoms with Crippen molar-refractivity contribution in [1.82, 2.24) is 15.3 Å². The van der Waals surface area contributed by atoms with E-state index in [9.17, 15) is 14.7 Å². The normalized spacial score (nSPS) is 12.0. The van der Waals surface area contributed by atoms with Crippen molar-refractivity contribution in [3.63, 3.8) is 0 Å². The predicted octanol–water partition coefficient (Wildman–Crippen LogP) is 5.93. The van der Waals surface area contributed by atoms with Gasteiger partial charge in [0.25, 0.3) is 5.91 Å². The molecule has 0 saturated heterocycles. The Labute approximate surface area is 228 Å². The fourth-order valence-corrected chi connectivity index (χ4v) is 4.13. The molecule has 7 heteroatoms. The van der Waals surface area contributed by atoms with Crippen LogP contribution in [-0.2, 0) is 16.6 Å². The highest BCUT2D eigenvalue weighted by molar-refractivity contribution is 5.96. The molecule has 3 aromatic carbocycles. The minimum atomic E-state index is -1.10. The van der Waals surface area contributed by atoms with Gasteiger partial charge < -0.3 is 15.2 Å². The van der Waals surface area contributed by atoms with Crippen LogP contribution >= 0.6 is 0 Å². The summed E-state index contributed by atoms with van der Waals surface area (Å²) in [5.74, 6) is -0.330. The first-order chi connectivity index (χ1) is 18.6. The summed E-state index contributed by atoms with van der Waals surface area (Å²) in [4.78, 5) is 33.5. The standard InChI is InChI=1S/C32H33N3O4/c1-5-39-27-16-12-24(13-17-27)30(36)35-28(31(37)38)18-21-6-8-23(9-7-21)29-33-19-25(20-34-29)22-10-14-26(15-11-22)32(2,3)4/h6-17,19-20,28H,5,18H2,1-4H3,(H,35,36)(H,37,38)/t28-/m0/s1. The number of aliphatic carboxylic acids is 1. The first-order valence-electron chi connectivity index (χ1n) is 12.9. The van der Waals surface area contributed by atoms with E-state index in [2.05, 4.69) is 60.3 Å². The molecule has 1 atom stereocenters. The molecule has 0 fully saturated rings. The Morgan fingerprint density at radius 3 is 1.97 bits per heavy atom. The third-order valence-corrected chi connectivity index (χ3v) is 6.42. The fraction of sp³-hybridized carbons (Fsp3) is 0.250. The Kier molecular flexibility index (Phi) is 8.39. The molecule has 200 valence electrons. The van der Waals surface area contributed by atoms with Gasteiger partial charge in [0.05, 0.1) is 6.61 Å². The molecular formula is C32H33N3O4. The van der Waals surface area contributed by atoms with Gasteiger partial charge in [-0.05, 0) is 53.3 Å².